The van der Waals surface area contributed by atoms with E-state index in [9.17, 15) is 0 Å². The van der Waals surface area contributed by atoms with Crippen LogP contribution in [0.2, 0.25) is 0 Å². The van der Waals surface area contributed by atoms with Crippen LogP contribution in [0, 0.1) is 11.8 Å². The normalized spacial score (nSPS) is 11.9. The summed E-state index contributed by atoms with van der Waals surface area (Å²) in [7, 11) is 0. The van der Waals surface area contributed by atoms with Gasteiger partial charge >= 0.3 is 0 Å². The largest absolute Gasteiger partial charge is 0.394 e. The summed E-state index contributed by atoms with van der Waals surface area (Å²) < 4.78 is 0. The average molecular weight is 99.1 g/mol. The summed E-state index contributed by atoms with van der Waals surface area (Å²) >= 11 is 0. The monoisotopic (exact) mass is 99.1 g/mol. The Balaban J connectivity index is 3.29. The molecule has 0 spiro atoms. The van der Waals surface area contributed by atoms with Crippen LogP contribution in [0.3, 0.4) is 0 Å². The summed E-state index contributed by atoms with van der Waals surface area (Å²) in [6.07, 6.45) is 0. The lowest BCUT2D eigenvalue weighted by atomic mass is 10.3. The minimum Gasteiger partial charge on any atom is -0.394 e. The van der Waals surface area contributed by atoms with Crippen LogP contribution < -0.4 is 5.73 Å². The standard InChI is InChI=1S/C5H9NO/c1-2-3-5(6)4-7/h5,7H,4,6H2,1H3/t5-/m1/s1. The van der Waals surface area contributed by atoms with Gasteiger partial charge in [0.2, 0.25) is 0 Å². The van der Waals surface area contributed by atoms with Crippen LogP contribution in [0.5, 0.6) is 0 Å². The number of aliphatic hydroxyl groups excluding tert-OH is 1. The summed E-state index contributed by atoms with van der Waals surface area (Å²) in [6.45, 7) is 1.64. The highest BCUT2D eigenvalue weighted by atomic mass is 16.3. The number of hydrogen-bond donors (Lipinski definition) is 2. The summed E-state index contributed by atoms with van der Waals surface area (Å²) in [4.78, 5) is 0. The Morgan fingerprint density at radius 2 is 2.43 bits per heavy atom. The summed E-state index contributed by atoms with van der Waals surface area (Å²) in [5, 5.41) is 8.24. The van der Waals surface area contributed by atoms with Gasteiger partial charge in [0, 0.05) is 0 Å². The molecule has 0 saturated carbocycles. The fourth-order valence-corrected chi connectivity index (χ4v) is 0.231. The highest BCUT2D eigenvalue weighted by Gasteiger charge is 1.87. The van der Waals surface area contributed by atoms with Gasteiger partial charge in [0.15, 0.2) is 0 Å². The van der Waals surface area contributed by atoms with E-state index < -0.39 is 0 Å². The molecule has 2 heteroatoms. The Morgan fingerprint density at radius 3 is 2.57 bits per heavy atom. The van der Waals surface area contributed by atoms with Crippen molar-refractivity contribution in [1.82, 2.24) is 0 Å². The lowest BCUT2D eigenvalue weighted by molar-refractivity contribution is 0.287. The van der Waals surface area contributed by atoms with Crippen molar-refractivity contribution in [3.63, 3.8) is 0 Å². The molecular weight excluding hydrogens is 90.1 g/mol. The molecule has 2 nitrogen and oxygen atoms in total. The van der Waals surface area contributed by atoms with Crippen LogP contribution in [0.1, 0.15) is 6.92 Å². The van der Waals surface area contributed by atoms with Gasteiger partial charge in [-0.25, -0.2) is 0 Å². The van der Waals surface area contributed by atoms with Gasteiger partial charge in [0.1, 0.15) is 0 Å². The van der Waals surface area contributed by atoms with Crippen molar-refractivity contribution in [1.29, 1.82) is 0 Å². The van der Waals surface area contributed by atoms with Crippen LogP contribution in [0.25, 0.3) is 0 Å². The highest BCUT2D eigenvalue weighted by molar-refractivity contribution is 5.03. The molecule has 0 radical (unpaired) electrons. The van der Waals surface area contributed by atoms with Crippen molar-refractivity contribution in [2.24, 2.45) is 5.73 Å². The van der Waals surface area contributed by atoms with Gasteiger partial charge in [0.05, 0.1) is 12.6 Å². The van der Waals surface area contributed by atoms with E-state index in [1.165, 1.54) is 0 Å². The molecular formula is C5H9NO. The summed E-state index contributed by atoms with van der Waals surface area (Å²) in [5.74, 6) is 5.16. The lowest BCUT2D eigenvalue weighted by Crippen LogP contribution is -2.21. The molecule has 0 bridgehead atoms. The number of nitrogens with two attached hydrogens (primary N) is 1. The molecule has 0 aromatic heterocycles. The van der Waals surface area contributed by atoms with E-state index in [1.54, 1.807) is 6.92 Å². The maximum absolute atomic E-state index is 8.24. The molecule has 0 rings (SSSR count). The van der Waals surface area contributed by atoms with Gasteiger partial charge in [0.25, 0.3) is 0 Å². The summed E-state index contributed by atoms with van der Waals surface area (Å²) in [5.41, 5.74) is 5.16. The van der Waals surface area contributed by atoms with Crippen molar-refractivity contribution in [3.05, 3.63) is 0 Å². The molecule has 0 aromatic rings. The zero-order valence-electron chi connectivity index (χ0n) is 4.31. The van der Waals surface area contributed by atoms with Gasteiger partial charge in [-0.1, -0.05) is 5.92 Å². The fourth-order valence-electron chi connectivity index (χ4n) is 0.231. The lowest BCUT2D eigenvalue weighted by Gasteiger charge is -1.92. The molecule has 1 atom stereocenters. The number of hydrogen-bond acceptors (Lipinski definition) is 2. The molecule has 0 heterocycles. The molecule has 0 saturated heterocycles. The van der Waals surface area contributed by atoms with E-state index in [0.29, 0.717) is 0 Å². The maximum atomic E-state index is 8.24. The van der Waals surface area contributed by atoms with Crippen molar-refractivity contribution >= 4 is 0 Å². The zero-order chi connectivity index (χ0) is 5.70. The van der Waals surface area contributed by atoms with Crippen LogP contribution in [-0.4, -0.2) is 17.8 Å². The van der Waals surface area contributed by atoms with E-state index in [4.69, 9.17) is 10.8 Å². The third-order valence-corrected chi connectivity index (χ3v) is 0.526. The molecule has 0 aliphatic rings. The molecule has 3 N–H and O–H groups in total. The number of aliphatic hydroxyl groups is 1. The SMILES string of the molecule is CC#C[C@@H](N)CO. The van der Waals surface area contributed by atoms with Gasteiger partial charge in [-0.2, -0.15) is 0 Å². The molecule has 0 aliphatic heterocycles. The van der Waals surface area contributed by atoms with Gasteiger partial charge < -0.3 is 10.8 Å². The zero-order valence-corrected chi connectivity index (χ0v) is 4.31. The Bertz CT molecular complexity index is 90.0. The topological polar surface area (TPSA) is 46.2 Å². The first-order chi connectivity index (χ1) is 3.31. The predicted octanol–water partition coefficient (Wildman–Crippen LogP) is -0.671. The first-order valence-electron chi connectivity index (χ1n) is 2.10. The Morgan fingerprint density at radius 1 is 1.86 bits per heavy atom. The average Bonchev–Trinajstić information content (AvgIpc) is 1.68. The van der Waals surface area contributed by atoms with Gasteiger partial charge in [-0.3, -0.25) is 0 Å². The second-order valence-corrected chi connectivity index (χ2v) is 1.18. The minimum absolute atomic E-state index is 0.0547. The third kappa shape index (κ3) is 3.31. The van der Waals surface area contributed by atoms with Crippen LogP contribution in [-0.2, 0) is 0 Å². The highest BCUT2D eigenvalue weighted by Crippen LogP contribution is 1.66. The Kier molecular flexibility index (Phi) is 3.39. The van der Waals surface area contributed by atoms with Crippen LogP contribution in [0.4, 0.5) is 0 Å². The van der Waals surface area contributed by atoms with Gasteiger partial charge in [-0.15, -0.1) is 5.92 Å². The molecule has 0 aliphatic carbocycles. The second-order valence-electron chi connectivity index (χ2n) is 1.18. The van der Waals surface area contributed by atoms with Crippen molar-refractivity contribution in [2.75, 3.05) is 6.61 Å². The van der Waals surface area contributed by atoms with E-state index in [-0.39, 0.29) is 12.6 Å². The van der Waals surface area contributed by atoms with Crippen molar-refractivity contribution in [3.8, 4) is 11.8 Å². The van der Waals surface area contributed by atoms with Crippen molar-refractivity contribution < 1.29 is 5.11 Å². The summed E-state index contributed by atoms with van der Waals surface area (Å²) in [6, 6.07) is -0.356. The van der Waals surface area contributed by atoms with Crippen molar-refractivity contribution in [2.45, 2.75) is 13.0 Å². The van der Waals surface area contributed by atoms with E-state index >= 15 is 0 Å². The first-order valence-corrected chi connectivity index (χ1v) is 2.10. The Hall–Kier alpha value is -0.520. The Labute approximate surface area is 43.3 Å². The maximum Gasteiger partial charge on any atom is 0.0898 e. The van der Waals surface area contributed by atoms with Gasteiger partial charge in [-0.05, 0) is 6.92 Å². The third-order valence-electron chi connectivity index (χ3n) is 0.526. The second kappa shape index (κ2) is 3.66. The number of rotatable bonds is 1. The van der Waals surface area contributed by atoms with E-state index in [2.05, 4.69) is 11.8 Å². The first kappa shape index (κ1) is 6.48. The van der Waals surface area contributed by atoms with Crippen LogP contribution >= 0.6 is 0 Å². The molecule has 40 valence electrons. The molecule has 0 unspecified atom stereocenters. The van der Waals surface area contributed by atoms with Crippen LogP contribution in [0.15, 0.2) is 0 Å². The fraction of sp³-hybridized carbons (Fsp3) is 0.600. The molecule has 0 aromatic carbocycles. The minimum atomic E-state index is -0.356. The molecule has 0 fully saturated rings. The molecule has 0 amide bonds. The quantitative estimate of drug-likeness (QED) is 0.428. The van der Waals surface area contributed by atoms with E-state index in [0.717, 1.165) is 0 Å². The van der Waals surface area contributed by atoms with E-state index in [1.807, 2.05) is 0 Å². The molecule has 7 heavy (non-hydrogen) atoms. The predicted molar refractivity (Wildman–Crippen MR) is 28.5 cm³/mol. The smallest absolute Gasteiger partial charge is 0.0898 e.